The molecule has 1 aromatic heterocycles. The number of thioether (sulfide) groups is 1. The molecule has 1 fully saturated rings. The van der Waals surface area contributed by atoms with Crippen LogP contribution in [0, 0.1) is 6.92 Å². The highest BCUT2D eigenvalue weighted by Crippen LogP contribution is 2.13. The van der Waals surface area contributed by atoms with E-state index in [-0.39, 0.29) is 29.2 Å². The third-order valence-corrected chi connectivity index (χ3v) is 6.37. The summed E-state index contributed by atoms with van der Waals surface area (Å²) in [6.07, 6.45) is 0. The molecule has 0 unspecified atom stereocenters. The van der Waals surface area contributed by atoms with Crippen molar-refractivity contribution in [1.29, 1.82) is 0 Å². The summed E-state index contributed by atoms with van der Waals surface area (Å²) in [6, 6.07) is 2.61. The van der Waals surface area contributed by atoms with Crippen LogP contribution >= 0.6 is 11.8 Å². The SMILES string of the molecule is Cc1nc(C(=O)NCCS(=O)(=O)N2CCSCC2)ccc1C(=O)O. The van der Waals surface area contributed by atoms with Gasteiger partial charge in [-0.25, -0.2) is 22.5 Å². The fourth-order valence-corrected chi connectivity index (χ4v) is 4.74. The first kappa shape index (κ1) is 18.7. The second-order valence-electron chi connectivity index (χ2n) is 5.22. The Morgan fingerprint density at radius 3 is 2.58 bits per heavy atom. The minimum Gasteiger partial charge on any atom is -0.478 e. The van der Waals surface area contributed by atoms with Crippen LogP contribution in [0.3, 0.4) is 0 Å². The summed E-state index contributed by atoms with van der Waals surface area (Å²) >= 11 is 1.72. The zero-order valence-corrected chi connectivity index (χ0v) is 14.8. The number of carboxylic acids is 1. The predicted octanol–water partition coefficient (Wildman–Crippen LogP) is 0.197. The van der Waals surface area contributed by atoms with Crippen LogP contribution in [0.15, 0.2) is 12.1 Å². The van der Waals surface area contributed by atoms with Gasteiger partial charge in [0.05, 0.1) is 17.0 Å². The molecule has 1 aliphatic rings. The molecule has 0 saturated carbocycles. The molecule has 8 nitrogen and oxygen atoms in total. The summed E-state index contributed by atoms with van der Waals surface area (Å²) in [5.41, 5.74) is 0.315. The molecular weight excluding hydrogens is 354 g/mol. The highest BCUT2D eigenvalue weighted by Gasteiger charge is 2.24. The quantitative estimate of drug-likeness (QED) is 0.731. The van der Waals surface area contributed by atoms with Crippen molar-refractivity contribution in [1.82, 2.24) is 14.6 Å². The first-order chi connectivity index (χ1) is 11.3. The smallest absolute Gasteiger partial charge is 0.337 e. The van der Waals surface area contributed by atoms with E-state index in [4.69, 9.17) is 5.11 Å². The molecule has 0 bridgehead atoms. The number of aromatic carboxylic acids is 1. The molecule has 0 spiro atoms. The fourth-order valence-electron chi connectivity index (χ4n) is 2.25. The molecule has 2 N–H and O–H groups in total. The lowest BCUT2D eigenvalue weighted by molar-refractivity contribution is 0.0694. The Morgan fingerprint density at radius 2 is 2.00 bits per heavy atom. The van der Waals surface area contributed by atoms with Crippen molar-refractivity contribution in [3.63, 3.8) is 0 Å². The van der Waals surface area contributed by atoms with Gasteiger partial charge in [-0.1, -0.05) is 0 Å². The van der Waals surface area contributed by atoms with Crippen molar-refractivity contribution >= 4 is 33.7 Å². The van der Waals surface area contributed by atoms with Gasteiger partial charge in [-0.05, 0) is 19.1 Å². The molecule has 0 aromatic carbocycles. The van der Waals surface area contributed by atoms with E-state index in [1.165, 1.54) is 23.4 Å². The number of nitrogens with one attached hydrogen (secondary N) is 1. The standard InChI is InChI=1S/C14H19N3O5S2/c1-10-11(14(19)20)2-3-12(16-10)13(18)15-4-9-24(21,22)17-5-7-23-8-6-17/h2-3H,4-9H2,1H3,(H,15,18)(H,19,20). The number of hydrogen-bond donors (Lipinski definition) is 2. The Morgan fingerprint density at radius 1 is 1.33 bits per heavy atom. The Bertz CT molecular complexity index is 730. The number of aryl methyl sites for hydroxylation is 1. The molecule has 2 heterocycles. The van der Waals surface area contributed by atoms with E-state index < -0.39 is 21.9 Å². The highest BCUT2D eigenvalue weighted by atomic mass is 32.2. The summed E-state index contributed by atoms with van der Waals surface area (Å²) in [7, 11) is -3.38. The van der Waals surface area contributed by atoms with E-state index in [0.717, 1.165) is 11.5 Å². The fraction of sp³-hybridized carbons (Fsp3) is 0.500. The molecule has 0 atom stereocenters. The van der Waals surface area contributed by atoms with Crippen LogP contribution in [0.2, 0.25) is 0 Å². The molecule has 132 valence electrons. The van der Waals surface area contributed by atoms with Crippen LogP contribution in [0.5, 0.6) is 0 Å². The van der Waals surface area contributed by atoms with Crippen LogP contribution in [0.25, 0.3) is 0 Å². The highest BCUT2D eigenvalue weighted by molar-refractivity contribution is 7.99. The number of carbonyl (C=O) groups is 2. The number of hydrogen-bond acceptors (Lipinski definition) is 6. The first-order valence-corrected chi connectivity index (χ1v) is 10.1. The third kappa shape index (κ3) is 4.68. The monoisotopic (exact) mass is 373 g/mol. The lowest BCUT2D eigenvalue weighted by atomic mass is 10.2. The molecule has 10 heteroatoms. The van der Waals surface area contributed by atoms with E-state index in [1.807, 2.05) is 0 Å². The van der Waals surface area contributed by atoms with Crippen LogP contribution in [0.1, 0.15) is 26.5 Å². The maximum atomic E-state index is 12.2. The molecule has 24 heavy (non-hydrogen) atoms. The summed E-state index contributed by atoms with van der Waals surface area (Å²) in [5.74, 6) is -0.248. The van der Waals surface area contributed by atoms with Crippen molar-refractivity contribution < 1.29 is 23.1 Å². The van der Waals surface area contributed by atoms with Gasteiger partial charge >= 0.3 is 5.97 Å². The van der Waals surface area contributed by atoms with Gasteiger partial charge in [-0.3, -0.25) is 4.79 Å². The zero-order chi connectivity index (χ0) is 17.7. The Balaban J connectivity index is 1.91. The summed E-state index contributed by atoms with van der Waals surface area (Å²) < 4.78 is 25.8. The lowest BCUT2D eigenvalue weighted by Gasteiger charge is -2.25. The molecule has 1 amide bonds. The van der Waals surface area contributed by atoms with Gasteiger partial charge in [0, 0.05) is 31.1 Å². The van der Waals surface area contributed by atoms with Crippen molar-refractivity contribution in [2.24, 2.45) is 0 Å². The molecular formula is C14H19N3O5S2. The molecule has 0 radical (unpaired) electrons. The Kier molecular flexibility index (Phi) is 6.19. The number of aromatic nitrogens is 1. The van der Waals surface area contributed by atoms with Crippen molar-refractivity contribution in [3.05, 3.63) is 29.1 Å². The Labute approximate surface area is 144 Å². The topological polar surface area (TPSA) is 117 Å². The molecule has 2 rings (SSSR count). The average Bonchev–Trinajstić information content (AvgIpc) is 2.55. The number of nitrogens with zero attached hydrogens (tertiary/aromatic N) is 2. The number of carbonyl (C=O) groups excluding carboxylic acids is 1. The van der Waals surface area contributed by atoms with Crippen molar-refractivity contribution in [2.75, 3.05) is 36.9 Å². The zero-order valence-electron chi connectivity index (χ0n) is 13.2. The van der Waals surface area contributed by atoms with E-state index >= 15 is 0 Å². The lowest BCUT2D eigenvalue weighted by Crippen LogP contribution is -2.42. The van der Waals surface area contributed by atoms with Crippen LogP contribution in [-0.2, 0) is 10.0 Å². The largest absolute Gasteiger partial charge is 0.478 e. The second kappa shape index (κ2) is 7.95. The maximum Gasteiger partial charge on any atom is 0.337 e. The number of pyridine rings is 1. The summed E-state index contributed by atoms with van der Waals surface area (Å²) in [6.45, 7) is 2.47. The van der Waals surface area contributed by atoms with Crippen LogP contribution in [-0.4, -0.2) is 71.6 Å². The van der Waals surface area contributed by atoms with Gasteiger partial charge in [0.15, 0.2) is 0 Å². The van der Waals surface area contributed by atoms with Gasteiger partial charge in [0.1, 0.15) is 5.69 Å². The number of sulfonamides is 1. The van der Waals surface area contributed by atoms with Crippen LogP contribution < -0.4 is 5.32 Å². The van der Waals surface area contributed by atoms with E-state index in [9.17, 15) is 18.0 Å². The minimum absolute atomic E-state index is 0.0216. The van der Waals surface area contributed by atoms with Crippen molar-refractivity contribution in [3.8, 4) is 0 Å². The Hall–Kier alpha value is -1.65. The van der Waals surface area contributed by atoms with Crippen LogP contribution in [0.4, 0.5) is 0 Å². The third-order valence-electron chi connectivity index (χ3n) is 3.56. The molecule has 0 aliphatic carbocycles. The van der Waals surface area contributed by atoms with Gasteiger partial charge < -0.3 is 10.4 Å². The number of carboxylic acid groups (broad SMARTS) is 1. The molecule has 1 aliphatic heterocycles. The van der Waals surface area contributed by atoms with Crippen molar-refractivity contribution in [2.45, 2.75) is 6.92 Å². The van der Waals surface area contributed by atoms with E-state index in [1.54, 1.807) is 11.8 Å². The number of rotatable bonds is 6. The predicted molar refractivity (Wildman–Crippen MR) is 91.0 cm³/mol. The van der Waals surface area contributed by atoms with E-state index in [0.29, 0.717) is 13.1 Å². The average molecular weight is 373 g/mol. The summed E-state index contributed by atoms with van der Waals surface area (Å²) in [5, 5.41) is 11.4. The first-order valence-electron chi connectivity index (χ1n) is 7.36. The second-order valence-corrected chi connectivity index (χ2v) is 8.53. The van der Waals surface area contributed by atoms with Gasteiger partial charge in [0.2, 0.25) is 10.0 Å². The molecule has 1 aromatic rings. The van der Waals surface area contributed by atoms with Gasteiger partial charge in [-0.15, -0.1) is 0 Å². The van der Waals surface area contributed by atoms with E-state index in [2.05, 4.69) is 10.3 Å². The normalized spacial score (nSPS) is 15.9. The summed E-state index contributed by atoms with van der Waals surface area (Å²) in [4.78, 5) is 26.9. The maximum absolute atomic E-state index is 12.2. The van der Waals surface area contributed by atoms with Gasteiger partial charge in [-0.2, -0.15) is 11.8 Å². The molecule has 1 saturated heterocycles. The van der Waals surface area contributed by atoms with Gasteiger partial charge in [0.25, 0.3) is 5.91 Å². The number of amides is 1. The minimum atomic E-state index is -3.38.